The molecule has 0 aromatic carbocycles. The van der Waals surface area contributed by atoms with Gasteiger partial charge in [-0.25, -0.2) is 5.48 Å². The van der Waals surface area contributed by atoms with Gasteiger partial charge in [0.15, 0.2) is 0 Å². The molecule has 2 unspecified atom stereocenters. The fourth-order valence-electron chi connectivity index (χ4n) is 0.748. The highest BCUT2D eigenvalue weighted by atomic mass is 16.5. The SMILES string of the molecule is CCC(NO)C(C)CO. The molecule has 0 aliphatic carbocycles. The highest BCUT2D eigenvalue weighted by molar-refractivity contribution is 4.66. The van der Waals surface area contributed by atoms with E-state index in [9.17, 15) is 0 Å². The smallest absolute Gasteiger partial charge is 0.0472 e. The Balaban J connectivity index is 3.50. The largest absolute Gasteiger partial charge is 0.396 e. The first-order valence-corrected chi connectivity index (χ1v) is 3.26. The van der Waals surface area contributed by atoms with Crippen LogP contribution in [0.5, 0.6) is 0 Å². The zero-order chi connectivity index (χ0) is 7.28. The minimum Gasteiger partial charge on any atom is -0.396 e. The first-order valence-electron chi connectivity index (χ1n) is 3.26. The second-order valence-electron chi connectivity index (χ2n) is 2.30. The summed E-state index contributed by atoms with van der Waals surface area (Å²) in [5.41, 5.74) is 2.14. The van der Waals surface area contributed by atoms with Gasteiger partial charge < -0.3 is 10.3 Å². The quantitative estimate of drug-likeness (QED) is 0.486. The fourth-order valence-corrected chi connectivity index (χ4v) is 0.748. The molecule has 0 saturated heterocycles. The van der Waals surface area contributed by atoms with Gasteiger partial charge in [-0.2, -0.15) is 0 Å². The van der Waals surface area contributed by atoms with Crippen molar-refractivity contribution >= 4 is 0 Å². The van der Waals surface area contributed by atoms with Crippen LogP contribution in [0.3, 0.4) is 0 Å². The zero-order valence-corrected chi connectivity index (χ0v) is 5.96. The van der Waals surface area contributed by atoms with E-state index < -0.39 is 0 Å². The standard InChI is InChI=1S/C6H15NO2/c1-3-6(7-9)5(2)4-8/h5-9H,3-4H2,1-2H3. The molecule has 0 amide bonds. The monoisotopic (exact) mass is 133 g/mol. The van der Waals surface area contributed by atoms with Crippen LogP contribution in [0.15, 0.2) is 0 Å². The van der Waals surface area contributed by atoms with Crippen molar-refractivity contribution in [1.82, 2.24) is 5.48 Å². The van der Waals surface area contributed by atoms with Gasteiger partial charge in [0.1, 0.15) is 0 Å². The van der Waals surface area contributed by atoms with Crippen LogP contribution in [0.4, 0.5) is 0 Å². The highest BCUT2D eigenvalue weighted by Crippen LogP contribution is 2.03. The van der Waals surface area contributed by atoms with Crippen molar-refractivity contribution in [3.63, 3.8) is 0 Å². The van der Waals surface area contributed by atoms with Crippen molar-refractivity contribution in [3.8, 4) is 0 Å². The molecule has 0 aliphatic heterocycles. The molecule has 0 aliphatic rings. The van der Waals surface area contributed by atoms with E-state index in [1.807, 2.05) is 13.8 Å². The summed E-state index contributed by atoms with van der Waals surface area (Å²) in [6, 6.07) is 0.0231. The third-order valence-electron chi connectivity index (χ3n) is 1.58. The molecule has 0 heterocycles. The van der Waals surface area contributed by atoms with Crippen LogP contribution in [0.2, 0.25) is 0 Å². The fraction of sp³-hybridized carbons (Fsp3) is 1.00. The second kappa shape index (κ2) is 4.73. The molecule has 3 N–H and O–H groups in total. The number of hydrogen-bond donors (Lipinski definition) is 3. The predicted octanol–water partition coefficient (Wildman–Crippen LogP) is 0.372. The van der Waals surface area contributed by atoms with Crippen molar-refractivity contribution in [2.75, 3.05) is 6.61 Å². The van der Waals surface area contributed by atoms with Crippen LogP contribution in [0.25, 0.3) is 0 Å². The van der Waals surface area contributed by atoms with Crippen molar-refractivity contribution in [2.45, 2.75) is 26.3 Å². The number of rotatable bonds is 4. The Morgan fingerprint density at radius 2 is 2.11 bits per heavy atom. The average Bonchev–Trinajstić information content (AvgIpc) is 1.90. The highest BCUT2D eigenvalue weighted by Gasteiger charge is 2.11. The molecule has 56 valence electrons. The predicted molar refractivity (Wildman–Crippen MR) is 35.3 cm³/mol. The third-order valence-corrected chi connectivity index (χ3v) is 1.58. The minimum atomic E-state index is 0.0231. The number of aliphatic hydroxyl groups is 1. The molecule has 3 nitrogen and oxygen atoms in total. The molecule has 0 rings (SSSR count). The van der Waals surface area contributed by atoms with Gasteiger partial charge >= 0.3 is 0 Å². The van der Waals surface area contributed by atoms with Gasteiger partial charge in [0, 0.05) is 12.6 Å². The van der Waals surface area contributed by atoms with Gasteiger partial charge in [-0.3, -0.25) is 0 Å². The number of nitrogens with one attached hydrogen (secondary N) is 1. The van der Waals surface area contributed by atoms with E-state index in [4.69, 9.17) is 10.3 Å². The Morgan fingerprint density at radius 3 is 2.22 bits per heavy atom. The van der Waals surface area contributed by atoms with Crippen molar-refractivity contribution in [1.29, 1.82) is 0 Å². The number of hydroxylamine groups is 1. The summed E-state index contributed by atoms with van der Waals surface area (Å²) in [4.78, 5) is 0. The van der Waals surface area contributed by atoms with E-state index in [1.165, 1.54) is 0 Å². The lowest BCUT2D eigenvalue weighted by atomic mass is 10.0. The maximum absolute atomic E-state index is 8.62. The van der Waals surface area contributed by atoms with Gasteiger partial charge in [0.25, 0.3) is 0 Å². The molecule has 0 spiro atoms. The van der Waals surface area contributed by atoms with E-state index >= 15 is 0 Å². The van der Waals surface area contributed by atoms with Crippen LogP contribution in [0, 0.1) is 5.92 Å². The number of hydrogen-bond acceptors (Lipinski definition) is 3. The second-order valence-corrected chi connectivity index (χ2v) is 2.30. The summed E-state index contributed by atoms with van der Waals surface area (Å²) in [5.74, 6) is 0.125. The normalized spacial score (nSPS) is 17.3. The van der Waals surface area contributed by atoms with E-state index in [-0.39, 0.29) is 18.6 Å². The van der Waals surface area contributed by atoms with E-state index in [1.54, 1.807) is 0 Å². The summed E-state index contributed by atoms with van der Waals surface area (Å²) in [7, 11) is 0. The maximum atomic E-state index is 8.62. The molecule has 0 saturated carbocycles. The maximum Gasteiger partial charge on any atom is 0.0472 e. The van der Waals surface area contributed by atoms with Crippen LogP contribution in [0.1, 0.15) is 20.3 Å². The first-order chi connectivity index (χ1) is 4.26. The van der Waals surface area contributed by atoms with E-state index in [0.29, 0.717) is 0 Å². The molecular weight excluding hydrogens is 118 g/mol. The summed E-state index contributed by atoms with van der Waals surface area (Å²) in [6.07, 6.45) is 0.832. The Bertz CT molecular complexity index is 64.1. The van der Waals surface area contributed by atoms with E-state index in [0.717, 1.165) is 6.42 Å². The molecular formula is C6H15NO2. The van der Waals surface area contributed by atoms with Crippen molar-refractivity contribution in [3.05, 3.63) is 0 Å². The first kappa shape index (κ1) is 8.88. The van der Waals surface area contributed by atoms with Gasteiger partial charge in [-0.1, -0.05) is 13.8 Å². The molecule has 2 atom stereocenters. The van der Waals surface area contributed by atoms with Crippen LogP contribution in [-0.4, -0.2) is 23.0 Å². The lowest BCUT2D eigenvalue weighted by Crippen LogP contribution is -2.33. The zero-order valence-electron chi connectivity index (χ0n) is 5.96. The van der Waals surface area contributed by atoms with Gasteiger partial charge in [-0.05, 0) is 12.3 Å². The molecule has 0 aromatic rings. The summed E-state index contributed by atoms with van der Waals surface area (Å²) in [6.45, 7) is 3.96. The topological polar surface area (TPSA) is 52.5 Å². The Morgan fingerprint density at radius 1 is 1.56 bits per heavy atom. The molecule has 0 fully saturated rings. The molecule has 0 aromatic heterocycles. The van der Waals surface area contributed by atoms with Crippen molar-refractivity contribution < 1.29 is 10.3 Å². The average molecular weight is 133 g/mol. The lowest BCUT2D eigenvalue weighted by molar-refractivity contribution is 0.0776. The molecule has 0 radical (unpaired) electrons. The van der Waals surface area contributed by atoms with Gasteiger partial charge in [-0.15, -0.1) is 0 Å². The molecule has 3 heteroatoms. The summed E-state index contributed by atoms with van der Waals surface area (Å²) in [5, 5.41) is 17.1. The van der Waals surface area contributed by atoms with Crippen LogP contribution in [-0.2, 0) is 0 Å². The van der Waals surface area contributed by atoms with Crippen LogP contribution >= 0.6 is 0 Å². The van der Waals surface area contributed by atoms with Crippen molar-refractivity contribution in [2.24, 2.45) is 5.92 Å². The third kappa shape index (κ3) is 2.79. The lowest BCUT2D eigenvalue weighted by Gasteiger charge is -2.17. The van der Waals surface area contributed by atoms with Crippen LogP contribution < -0.4 is 5.48 Å². The Kier molecular flexibility index (Phi) is 4.67. The Hall–Kier alpha value is -0.120. The number of aliphatic hydroxyl groups excluding tert-OH is 1. The summed E-state index contributed by atoms with van der Waals surface area (Å²) >= 11 is 0. The minimum absolute atomic E-state index is 0.0231. The molecule has 0 bridgehead atoms. The van der Waals surface area contributed by atoms with Gasteiger partial charge in [0.05, 0.1) is 0 Å². The van der Waals surface area contributed by atoms with E-state index in [2.05, 4.69) is 5.48 Å². The van der Waals surface area contributed by atoms with Gasteiger partial charge in [0.2, 0.25) is 0 Å². The Labute approximate surface area is 55.7 Å². The molecule has 9 heavy (non-hydrogen) atoms. The summed E-state index contributed by atoms with van der Waals surface area (Å²) < 4.78 is 0.